The lowest BCUT2D eigenvalue weighted by molar-refractivity contribution is 0.0697. The van der Waals surface area contributed by atoms with Crippen LogP contribution in [0.15, 0.2) is 47.4 Å². The summed E-state index contributed by atoms with van der Waals surface area (Å²) in [6.07, 6.45) is 0.932. The summed E-state index contributed by atoms with van der Waals surface area (Å²) in [6, 6.07) is 9.78. The molecule has 0 aromatic heterocycles. The van der Waals surface area contributed by atoms with E-state index in [1.54, 1.807) is 17.0 Å². The summed E-state index contributed by atoms with van der Waals surface area (Å²) >= 11 is 0. The van der Waals surface area contributed by atoms with Gasteiger partial charge in [-0.25, -0.2) is 17.2 Å². The first-order chi connectivity index (χ1) is 13.7. The zero-order valence-electron chi connectivity index (χ0n) is 16.4. The Hall–Kier alpha value is -2.32. The quantitative estimate of drug-likeness (QED) is 0.743. The van der Waals surface area contributed by atoms with Gasteiger partial charge in [-0.3, -0.25) is 4.79 Å². The van der Waals surface area contributed by atoms with E-state index in [0.29, 0.717) is 17.5 Å². The Morgan fingerprint density at radius 2 is 1.62 bits per heavy atom. The lowest BCUT2D eigenvalue weighted by Crippen LogP contribution is -2.50. The summed E-state index contributed by atoms with van der Waals surface area (Å²) in [5.41, 5.74) is 1.70. The molecule has 5 nitrogen and oxygen atoms in total. The molecule has 1 amide bonds. The normalized spacial score (nSPS) is 15.7. The molecule has 2 aromatic rings. The van der Waals surface area contributed by atoms with Gasteiger partial charge in [0.2, 0.25) is 10.0 Å². The minimum atomic E-state index is -4.17. The van der Waals surface area contributed by atoms with Crippen molar-refractivity contribution in [2.75, 3.05) is 26.2 Å². The van der Waals surface area contributed by atoms with E-state index >= 15 is 0 Å². The van der Waals surface area contributed by atoms with Crippen molar-refractivity contribution in [2.45, 2.75) is 25.2 Å². The molecule has 8 heteroatoms. The molecular formula is C21H24F2N2O3S. The van der Waals surface area contributed by atoms with Crippen molar-refractivity contribution in [3.8, 4) is 0 Å². The van der Waals surface area contributed by atoms with Gasteiger partial charge < -0.3 is 4.90 Å². The molecule has 0 radical (unpaired) electrons. The number of piperazine rings is 1. The van der Waals surface area contributed by atoms with E-state index in [4.69, 9.17) is 0 Å². The molecule has 0 N–H and O–H groups in total. The van der Waals surface area contributed by atoms with Crippen LogP contribution in [0.25, 0.3) is 0 Å². The van der Waals surface area contributed by atoms with Gasteiger partial charge in [-0.15, -0.1) is 0 Å². The van der Waals surface area contributed by atoms with Gasteiger partial charge in [0, 0.05) is 31.7 Å². The molecule has 0 saturated carbocycles. The molecule has 29 heavy (non-hydrogen) atoms. The fourth-order valence-electron chi connectivity index (χ4n) is 3.38. The van der Waals surface area contributed by atoms with Crippen molar-refractivity contribution >= 4 is 15.9 Å². The zero-order chi connectivity index (χ0) is 21.2. The molecule has 1 aliphatic rings. The first-order valence-corrected chi connectivity index (χ1v) is 11.0. The third kappa shape index (κ3) is 4.82. The number of carbonyl (C=O) groups is 1. The second-order valence-corrected chi connectivity index (χ2v) is 9.47. The van der Waals surface area contributed by atoms with Gasteiger partial charge in [0.25, 0.3) is 5.91 Å². The molecule has 1 saturated heterocycles. The van der Waals surface area contributed by atoms with Crippen LogP contribution in [-0.2, 0) is 16.4 Å². The second-order valence-electron chi connectivity index (χ2n) is 7.57. The van der Waals surface area contributed by atoms with E-state index in [-0.39, 0.29) is 32.1 Å². The Kier molecular flexibility index (Phi) is 6.33. The lowest BCUT2D eigenvalue weighted by Gasteiger charge is -2.34. The molecule has 0 unspecified atom stereocenters. The van der Waals surface area contributed by atoms with Crippen LogP contribution >= 0.6 is 0 Å². The van der Waals surface area contributed by atoms with E-state index in [9.17, 15) is 22.0 Å². The predicted molar refractivity (Wildman–Crippen MR) is 106 cm³/mol. The Morgan fingerprint density at radius 1 is 1.00 bits per heavy atom. The highest BCUT2D eigenvalue weighted by Crippen LogP contribution is 2.22. The van der Waals surface area contributed by atoms with E-state index in [1.807, 2.05) is 12.1 Å². The van der Waals surface area contributed by atoms with Gasteiger partial charge in [-0.05, 0) is 48.2 Å². The van der Waals surface area contributed by atoms with Crippen LogP contribution in [-0.4, -0.2) is 49.7 Å². The Balaban J connectivity index is 1.67. The summed E-state index contributed by atoms with van der Waals surface area (Å²) in [5, 5.41) is 0. The third-order valence-corrected chi connectivity index (χ3v) is 6.80. The summed E-state index contributed by atoms with van der Waals surface area (Å²) in [5.74, 6) is -1.46. The van der Waals surface area contributed by atoms with Crippen molar-refractivity contribution in [3.63, 3.8) is 0 Å². The highest BCUT2D eigenvalue weighted by Gasteiger charge is 2.32. The number of halogens is 2. The number of sulfonamides is 1. The molecule has 0 bridgehead atoms. The van der Waals surface area contributed by atoms with E-state index in [0.717, 1.165) is 28.4 Å². The van der Waals surface area contributed by atoms with E-state index in [2.05, 4.69) is 13.8 Å². The summed E-state index contributed by atoms with van der Waals surface area (Å²) < 4.78 is 53.7. The minimum absolute atomic E-state index is 0.0233. The SMILES string of the molecule is CC(C)Cc1ccc(C(=O)N2CCN(S(=O)(=O)c3cc(F)ccc3F)CC2)cc1. The molecule has 3 rings (SSSR count). The average Bonchev–Trinajstić information content (AvgIpc) is 2.69. The van der Waals surface area contributed by atoms with E-state index < -0.39 is 26.6 Å². The molecule has 0 spiro atoms. The molecule has 1 heterocycles. The van der Waals surface area contributed by atoms with E-state index in [1.165, 1.54) is 0 Å². The van der Waals surface area contributed by atoms with Gasteiger partial charge in [-0.1, -0.05) is 26.0 Å². The summed E-state index contributed by atoms with van der Waals surface area (Å²) in [4.78, 5) is 13.6. The van der Waals surface area contributed by atoms with Gasteiger partial charge in [0.1, 0.15) is 16.5 Å². The van der Waals surface area contributed by atoms with Crippen LogP contribution in [0.3, 0.4) is 0 Å². The van der Waals surface area contributed by atoms with Crippen molar-refractivity contribution in [2.24, 2.45) is 5.92 Å². The van der Waals surface area contributed by atoms with Crippen molar-refractivity contribution < 1.29 is 22.0 Å². The number of nitrogens with zero attached hydrogens (tertiary/aromatic N) is 2. The topological polar surface area (TPSA) is 57.7 Å². The van der Waals surface area contributed by atoms with Crippen LogP contribution in [0.2, 0.25) is 0 Å². The van der Waals surface area contributed by atoms with Gasteiger partial charge in [-0.2, -0.15) is 4.31 Å². The van der Waals surface area contributed by atoms with Crippen LogP contribution in [0.4, 0.5) is 8.78 Å². The van der Waals surface area contributed by atoms with Gasteiger partial charge >= 0.3 is 0 Å². The minimum Gasteiger partial charge on any atom is -0.336 e. The van der Waals surface area contributed by atoms with Gasteiger partial charge in [0.05, 0.1) is 0 Å². The lowest BCUT2D eigenvalue weighted by atomic mass is 10.0. The van der Waals surface area contributed by atoms with Crippen molar-refractivity contribution in [1.29, 1.82) is 0 Å². The fraction of sp³-hybridized carbons (Fsp3) is 0.381. The Morgan fingerprint density at radius 3 is 2.21 bits per heavy atom. The maximum Gasteiger partial charge on any atom is 0.253 e. The number of carbonyl (C=O) groups excluding carboxylic acids is 1. The highest BCUT2D eigenvalue weighted by atomic mass is 32.2. The van der Waals surface area contributed by atoms with Crippen LogP contribution < -0.4 is 0 Å². The predicted octanol–water partition coefficient (Wildman–Crippen LogP) is 3.31. The maximum atomic E-state index is 13.9. The Bertz CT molecular complexity index is 983. The van der Waals surface area contributed by atoms with Crippen molar-refractivity contribution in [3.05, 3.63) is 65.2 Å². The summed E-state index contributed by atoms with van der Waals surface area (Å²) in [6.45, 7) is 4.67. The molecule has 2 aromatic carbocycles. The molecule has 156 valence electrons. The monoisotopic (exact) mass is 422 g/mol. The number of rotatable bonds is 5. The average molecular weight is 422 g/mol. The largest absolute Gasteiger partial charge is 0.336 e. The van der Waals surface area contributed by atoms with Crippen LogP contribution in [0.1, 0.15) is 29.8 Å². The number of hydrogen-bond donors (Lipinski definition) is 0. The number of amides is 1. The third-order valence-electron chi connectivity index (χ3n) is 4.88. The van der Waals surface area contributed by atoms with Gasteiger partial charge in [0.15, 0.2) is 0 Å². The molecular weight excluding hydrogens is 398 g/mol. The standard InChI is InChI=1S/C21H24F2N2O3S/c1-15(2)13-16-3-5-17(6-4-16)21(26)24-9-11-25(12-10-24)29(27,28)20-14-18(22)7-8-19(20)23/h3-8,14-15H,9-13H2,1-2H3. The smallest absolute Gasteiger partial charge is 0.253 e. The second kappa shape index (κ2) is 8.59. The fourth-order valence-corrected chi connectivity index (χ4v) is 4.88. The van der Waals surface area contributed by atoms with Crippen molar-refractivity contribution in [1.82, 2.24) is 9.21 Å². The number of hydrogen-bond acceptors (Lipinski definition) is 3. The summed E-state index contributed by atoms with van der Waals surface area (Å²) in [7, 11) is -4.17. The molecule has 1 fully saturated rings. The zero-order valence-corrected chi connectivity index (χ0v) is 17.3. The maximum absolute atomic E-state index is 13.9. The molecule has 0 atom stereocenters. The molecule has 0 aliphatic carbocycles. The Labute approximate surface area is 170 Å². The first kappa shape index (κ1) is 21.4. The van der Waals surface area contributed by atoms with Crippen LogP contribution in [0.5, 0.6) is 0 Å². The highest BCUT2D eigenvalue weighted by molar-refractivity contribution is 7.89. The van der Waals surface area contributed by atoms with Crippen LogP contribution in [0, 0.1) is 17.6 Å². The molecule has 1 aliphatic heterocycles. The number of benzene rings is 2. The first-order valence-electron chi connectivity index (χ1n) is 9.52.